The molecular formula is C18H20Cl2N2O4. The van der Waals surface area contributed by atoms with Crippen LogP contribution < -0.4 is 5.32 Å². The monoisotopic (exact) mass is 398 g/mol. The predicted molar refractivity (Wildman–Crippen MR) is 97.1 cm³/mol. The number of hydrogen-bond acceptors (Lipinski definition) is 4. The highest BCUT2D eigenvalue weighted by Gasteiger charge is 2.51. The van der Waals surface area contributed by atoms with Crippen molar-refractivity contribution >= 4 is 40.7 Å². The first kappa shape index (κ1) is 18.0. The Balaban J connectivity index is 1.31. The molecule has 3 aliphatic rings. The van der Waals surface area contributed by atoms with Gasteiger partial charge < -0.3 is 19.7 Å². The van der Waals surface area contributed by atoms with Gasteiger partial charge in [0.2, 0.25) is 11.8 Å². The van der Waals surface area contributed by atoms with Crippen molar-refractivity contribution in [3.05, 3.63) is 28.2 Å². The zero-order valence-electron chi connectivity index (χ0n) is 14.2. The first-order chi connectivity index (χ1) is 12.5. The van der Waals surface area contributed by atoms with Gasteiger partial charge in [0.1, 0.15) is 0 Å². The van der Waals surface area contributed by atoms with Crippen LogP contribution in [0.1, 0.15) is 19.3 Å². The Morgan fingerprint density at radius 2 is 1.81 bits per heavy atom. The van der Waals surface area contributed by atoms with E-state index in [0.29, 0.717) is 61.3 Å². The van der Waals surface area contributed by atoms with Crippen molar-refractivity contribution in [2.24, 2.45) is 11.8 Å². The van der Waals surface area contributed by atoms with Crippen LogP contribution in [0, 0.1) is 11.8 Å². The molecular weight excluding hydrogens is 379 g/mol. The molecule has 26 heavy (non-hydrogen) atoms. The fourth-order valence-corrected chi connectivity index (χ4v) is 4.00. The number of hydrogen-bond donors (Lipinski definition) is 1. The van der Waals surface area contributed by atoms with Gasteiger partial charge in [0.05, 0.1) is 35.8 Å². The van der Waals surface area contributed by atoms with Gasteiger partial charge in [-0.05, 0) is 24.6 Å². The van der Waals surface area contributed by atoms with E-state index in [1.165, 1.54) is 0 Å². The summed E-state index contributed by atoms with van der Waals surface area (Å²) in [5.74, 6) is -1.22. The number of carbonyl (C=O) groups is 2. The van der Waals surface area contributed by atoms with Gasteiger partial charge in [0.15, 0.2) is 5.79 Å². The minimum atomic E-state index is -0.500. The molecule has 0 bridgehead atoms. The highest BCUT2D eigenvalue weighted by molar-refractivity contribution is 6.35. The Bertz CT molecular complexity index is 726. The predicted octanol–water partition coefficient (Wildman–Crippen LogP) is 2.93. The number of piperidine rings is 1. The van der Waals surface area contributed by atoms with Crippen LogP contribution in [0.15, 0.2) is 18.2 Å². The van der Waals surface area contributed by atoms with Crippen LogP contribution in [0.5, 0.6) is 0 Å². The van der Waals surface area contributed by atoms with Gasteiger partial charge in [-0.3, -0.25) is 9.59 Å². The van der Waals surface area contributed by atoms with E-state index in [1.54, 1.807) is 18.2 Å². The number of nitrogens with zero attached hydrogens (tertiary/aromatic N) is 1. The van der Waals surface area contributed by atoms with Gasteiger partial charge in [-0.25, -0.2) is 0 Å². The number of carbonyl (C=O) groups excluding carboxylic acids is 2. The van der Waals surface area contributed by atoms with E-state index in [9.17, 15) is 9.59 Å². The van der Waals surface area contributed by atoms with E-state index in [-0.39, 0.29) is 23.7 Å². The number of rotatable bonds is 3. The number of amides is 2. The van der Waals surface area contributed by atoms with Crippen LogP contribution in [-0.4, -0.2) is 48.8 Å². The Morgan fingerprint density at radius 1 is 1.12 bits per heavy atom. The highest BCUT2D eigenvalue weighted by atomic mass is 35.5. The van der Waals surface area contributed by atoms with Crippen molar-refractivity contribution in [1.82, 2.24) is 4.90 Å². The Morgan fingerprint density at radius 3 is 2.50 bits per heavy atom. The maximum atomic E-state index is 12.7. The largest absolute Gasteiger partial charge is 0.347 e. The molecule has 2 heterocycles. The molecule has 2 saturated heterocycles. The van der Waals surface area contributed by atoms with E-state index in [0.717, 1.165) is 0 Å². The van der Waals surface area contributed by atoms with Crippen LogP contribution in [0.2, 0.25) is 10.0 Å². The van der Waals surface area contributed by atoms with Crippen LogP contribution in [0.4, 0.5) is 5.69 Å². The van der Waals surface area contributed by atoms with E-state index in [1.807, 2.05) is 4.90 Å². The number of anilines is 1. The summed E-state index contributed by atoms with van der Waals surface area (Å²) in [6, 6.07) is 4.89. The molecule has 4 rings (SSSR count). The SMILES string of the molecule is O=C(Nc1cc(Cl)ccc1Cl)C1CC1C(=O)N1CCC2(CC1)OCCO2. The quantitative estimate of drug-likeness (QED) is 0.849. The number of nitrogens with one attached hydrogen (secondary N) is 1. The number of ether oxygens (including phenoxy) is 2. The first-order valence-corrected chi connectivity index (χ1v) is 9.56. The molecule has 1 aromatic rings. The standard InChI is InChI=1S/C18H20Cl2N2O4/c19-11-1-2-14(20)15(9-11)21-16(23)12-10-13(12)17(24)22-5-3-18(4-6-22)25-7-8-26-18/h1-2,9,12-13H,3-8,10H2,(H,21,23). The van der Waals surface area contributed by atoms with E-state index in [2.05, 4.69) is 5.32 Å². The lowest BCUT2D eigenvalue weighted by molar-refractivity contribution is -0.187. The van der Waals surface area contributed by atoms with Crippen molar-refractivity contribution < 1.29 is 19.1 Å². The number of benzene rings is 1. The molecule has 2 aliphatic heterocycles. The lowest BCUT2D eigenvalue weighted by Gasteiger charge is -2.37. The summed E-state index contributed by atoms with van der Waals surface area (Å²) in [5, 5.41) is 3.69. The molecule has 0 aromatic heterocycles. The number of halogens is 2. The van der Waals surface area contributed by atoms with Crippen LogP contribution in [0.3, 0.4) is 0 Å². The van der Waals surface area contributed by atoms with E-state index >= 15 is 0 Å². The molecule has 3 fully saturated rings. The molecule has 2 unspecified atom stereocenters. The Hall–Kier alpha value is -1.34. The first-order valence-electron chi connectivity index (χ1n) is 8.80. The molecule has 1 saturated carbocycles. The minimum Gasteiger partial charge on any atom is -0.347 e. The third-order valence-corrected chi connectivity index (χ3v) is 5.85. The second-order valence-corrected chi connectivity index (χ2v) is 7.84. The summed E-state index contributed by atoms with van der Waals surface area (Å²) in [6.07, 6.45) is 1.93. The van der Waals surface area contributed by atoms with Crippen molar-refractivity contribution in [2.75, 3.05) is 31.6 Å². The summed E-state index contributed by atoms with van der Waals surface area (Å²) in [6.45, 7) is 2.43. The normalized spacial score (nSPS) is 26.8. The molecule has 8 heteroatoms. The van der Waals surface area contributed by atoms with E-state index in [4.69, 9.17) is 32.7 Å². The minimum absolute atomic E-state index is 0.0372. The Labute approximate surface area is 161 Å². The molecule has 140 valence electrons. The zero-order chi connectivity index (χ0) is 18.3. The summed E-state index contributed by atoms with van der Waals surface area (Å²) in [7, 11) is 0. The molecule has 0 radical (unpaired) electrons. The smallest absolute Gasteiger partial charge is 0.228 e. The van der Waals surface area contributed by atoms with Gasteiger partial charge in [-0.15, -0.1) is 0 Å². The summed E-state index contributed by atoms with van der Waals surface area (Å²) in [5.41, 5.74) is 0.470. The fourth-order valence-electron chi connectivity index (χ4n) is 3.66. The summed E-state index contributed by atoms with van der Waals surface area (Å²) >= 11 is 12.0. The average molecular weight is 399 g/mol. The van der Waals surface area contributed by atoms with Crippen LogP contribution in [0.25, 0.3) is 0 Å². The molecule has 1 spiro atoms. The zero-order valence-corrected chi connectivity index (χ0v) is 15.7. The van der Waals surface area contributed by atoms with Gasteiger partial charge >= 0.3 is 0 Å². The lowest BCUT2D eigenvalue weighted by atomic mass is 10.0. The maximum absolute atomic E-state index is 12.7. The average Bonchev–Trinajstić information content (AvgIpc) is 3.32. The third-order valence-electron chi connectivity index (χ3n) is 5.28. The van der Waals surface area contributed by atoms with Crippen molar-refractivity contribution in [3.8, 4) is 0 Å². The van der Waals surface area contributed by atoms with Gasteiger partial charge in [0, 0.05) is 31.0 Å². The second kappa shape index (κ2) is 7.00. The second-order valence-electron chi connectivity index (χ2n) is 7.00. The highest BCUT2D eigenvalue weighted by Crippen LogP contribution is 2.42. The molecule has 1 N–H and O–H groups in total. The van der Waals surface area contributed by atoms with Crippen LogP contribution in [-0.2, 0) is 19.1 Å². The fraction of sp³-hybridized carbons (Fsp3) is 0.556. The van der Waals surface area contributed by atoms with Gasteiger partial charge in [-0.1, -0.05) is 23.2 Å². The van der Waals surface area contributed by atoms with Gasteiger partial charge in [0.25, 0.3) is 0 Å². The lowest BCUT2D eigenvalue weighted by Crippen LogP contribution is -2.48. The van der Waals surface area contributed by atoms with Crippen molar-refractivity contribution in [3.63, 3.8) is 0 Å². The molecule has 1 aromatic carbocycles. The molecule has 6 nitrogen and oxygen atoms in total. The molecule has 1 aliphatic carbocycles. The molecule has 2 amide bonds. The summed E-state index contributed by atoms with van der Waals surface area (Å²) in [4.78, 5) is 26.9. The molecule has 2 atom stereocenters. The van der Waals surface area contributed by atoms with E-state index < -0.39 is 5.79 Å². The van der Waals surface area contributed by atoms with Crippen LogP contribution >= 0.6 is 23.2 Å². The number of likely N-dealkylation sites (tertiary alicyclic amines) is 1. The van der Waals surface area contributed by atoms with Gasteiger partial charge in [-0.2, -0.15) is 0 Å². The Kier molecular flexibility index (Phi) is 4.86. The van der Waals surface area contributed by atoms with Crippen molar-refractivity contribution in [1.29, 1.82) is 0 Å². The van der Waals surface area contributed by atoms with Crippen molar-refractivity contribution in [2.45, 2.75) is 25.0 Å². The summed E-state index contributed by atoms with van der Waals surface area (Å²) < 4.78 is 11.4. The topological polar surface area (TPSA) is 67.9 Å². The third kappa shape index (κ3) is 3.56. The maximum Gasteiger partial charge on any atom is 0.228 e.